The minimum atomic E-state index is -0.821. The Labute approximate surface area is 235 Å². The van der Waals surface area contributed by atoms with Crippen LogP contribution in [0.15, 0.2) is 84.9 Å². The summed E-state index contributed by atoms with van der Waals surface area (Å²) >= 11 is 0. The number of carbonyl (C=O) groups excluding carboxylic acids is 3. The second kappa shape index (κ2) is 15.0. The number of hydrogen-bond donors (Lipinski definition) is 2. The number of benzene rings is 3. The number of nitrogens with one attached hydrogen (secondary N) is 2. The Bertz CT molecular complexity index is 1230. The second-order valence-corrected chi connectivity index (χ2v) is 10.00. The van der Waals surface area contributed by atoms with Gasteiger partial charge in [-0.3, -0.25) is 19.3 Å². The van der Waals surface area contributed by atoms with Gasteiger partial charge >= 0.3 is 5.97 Å². The molecule has 2 N–H and O–H groups in total. The van der Waals surface area contributed by atoms with Gasteiger partial charge in [-0.1, -0.05) is 72.8 Å². The number of esters is 1. The molecule has 0 aliphatic carbocycles. The van der Waals surface area contributed by atoms with Crippen molar-refractivity contribution in [2.24, 2.45) is 0 Å². The van der Waals surface area contributed by atoms with E-state index in [2.05, 4.69) is 15.5 Å². The predicted octanol–water partition coefficient (Wildman–Crippen LogP) is 3.15. The summed E-state index contributed by atoms with van der Waals surface area (Å²) in [5.74, 6) is -1.08. The second-order valence-electron chi connectivity index (χ2n) is 10.00. The predicted molar refractivity (Wildman–Crippen MR) is 153 cm³/mol. The molecule has 0 radical (unpaired) electrons. The summed E-state index contributed by atoms with van der Waals surface area (Å²) in [6, 6.07) is 25.4. The average Bonchev–Trinajstić information content (AvgIpc) is 2.97. The Morgan fingerprint density at radius 2 is 1.40 bits per heavy atom. The first-order valence-corrected chi connectivity index (χ1v) is 13.7. The molecule has 3 aromatic rings. The standard InChI is InChI=1S/C32H37N3O5/c1-24(36)40-23-29(20-25-8-4-2-5-9-25)33-32(38)30(21-26-10-6-3-7-11-26)34-31(37)28-14-12-27(13-15-28)22-35-16-18-39-19-17-35/h2-15,29-30H,16-23H2,1H3,(H,33,38)(H,34,37)/t29-,30-/m0/s1. The largest absolute Gasteiger partial charge is 0.464 e. The molecule has 0 saturated carbocycles. The van der Waals surface area contributed by atoms with Crippen molar-refractivity contribution < 1.29 is 23.9 Å². The molecule has 0 spiro atoms. The lowest BCUT2D eigenvalue weighted by molar-refractivity contribution is -0.142. The zero-order chi connectivity index (χ0) is 28.2. The molecule has 0 aromatic heterocycles. The molecule has 2 amide bonds. The SMILES string of the molecule is CC(=O)OC[C@H](Cc1ccccc1)NC(=O)[C@H](Cc1ccccc1)NC(=O)c1ccc(CN2CCOCC2)cc1. The Kier molecular flexibility index (Phi) is 10.8. The molecule has 1 aliphatic rings. The van der Waals surface area contributed by atoms with Crippen LogP contribution in [0.4, 0.5) is 0 Å². The van der Waals surface area contributed by atoms with Gasteiger partial charge in [-0.05, 0) is 35.2 Å². The normalized spacial score (nSPS) is 15.0. The number of morpholine rings is 1. The van der Waals surface area contributed by atoms with E-state index >= 15 is 0 Å². The molecule has 8 nitrogen and oxygen atoms in total. The number of amides is 2. The maximum atomic E-state index is 13.6. The third-order valence-corrected chi connectivity index (χ3v) is 6.79. The summed E-state index contributed by atoms with van der Waals surface area (Å²) in [6.07, 6.45) is 0.801. The minimum absolute atomic E-state index is 0.0343. The molecule has 0 unspecified atom stereocenters. The van der Waals surface area contributed by atoms with E-state index in [9.17, 15) is 14.4 Å². The number of ether oxygens (including phenoxy) is 2. The first kappa shape index (κ1) is 29.0. The molecule has 2 atom stereocenters. The molecule has 8 heteroatoms. The monoisotopic (exact) mass is 543 g/mol. The van der Waals surface area contributed by atoms with Crippen LogP contribution in [0.1, 0.15) is 34.0 Å². The molecule has 1 saturated heterocycles. The number of hydrogen-bond acceptors (Lipinski definition) is 6. The minimum Gasteiger partial charge on any atom is -0.464 e. The lowest BCUT2D eigenvalue weighted by atomic mass is 10.0. The fraction of sp³-hybridized carbons (Fsp3) is 0.344. The zero-order valence-corrected chi connectivity index (χ0v) is 22.9. The highest BCUT2D eigenvalue weighted by Crippen LogP contribution is 2.11. The third-order valence-electron chi connectivity index (χ3n) is 6.79. The Balaban J connectivity index is 1.45. The van der Waals surface area contributed by atoms with E-state index in [0.29, 0.717) is 18.4 Å². The maximum absolute atomic E-state index is 13.6. The van der Waals surface area contributed by atoms with Gasteiger partial charge < -0.3 is 20.1 Å². The molecule has 1 aliphatic heterocycles. The number of carbonyl (C=O) groups is 3. The van der Waals surface area contributed by atoms with Crippen LogP contribution >= 0.6 is 0 Å². The van der Waals surface area contributed by atoms with Gasteiger partial charge in [-0.15, -0.1) is 0 Å². The van der Waals surface area contributed by atoms with E-state index in [1.54, 1.807) is 12.1 Å². The van der Waals surface area contributed by atoms with Crippen LogP contribution in [0.3, 0.4) is 0 Å². The van der Waals surface area contributed by atoms with E-state index in [1.165, 1.54) is 6.92 Å². The van der Waals surface area contributed by atoms with Crippen molar-refractivity contribution >= 4 is 17.8 Å². The van der Waals surface area contributed by atoms with Crippen LogP contribution in [-0.4, -0.2) is 67.7 Å². The summed E-state index contributed by atoms with van der Waals surface area (Å²) in [5.41, 5.74) is 3.52. The van der Waals surface area contributed by atoms with E-state index in [1.807, 2.05) is 72.8 Å². The lowest BCUT2D eigenvalue weighted by Gasteiger charge is -2.26. The highest BCUT2D eigenvalue weighted by Gasteiger charge is 2.25. The number of nitrogens with zero attached hydrogens (tertiary/aromatic N) is 1. The first-order chi connectivity index (χ1) is 19.5. The Hall–Kier alpha value is -4.01. The van der Waals surface area contributed by atoms with Crippen LogP contribution < -0.4 is 10.6 Å². The van der Waals surface area contributed by atoms with Crippen molar-refractivity contribution in [1.29, 1.82) is 0 Å². The molecule has 4 rings (SSSR count). The smallest absolute Gasteiger partial charge is 0.302 e. The Morgan fingerprint density at radius 3 is 2.00 bits per heavy atom. The summed E-state index contributed by atoms with van der Waals surface area (Å²) in [6.45, 7) is 5.42. The molecular weight excluding hydrogens is 506 g/mol. The quantitative estimate of drug-likeness (QED) is 0.341. The fourth-order valence-electron chi connectivity index (χ4n) is 4.65. The van der Waals surface area contributed by atoms with Crippen LogP contribution in [0, 0.1) is 0 Å². The average molecular weight is 544 g/mol. The molecule has 40 heavy (non-hydrogen) atoms. The van der Waals surface area contributed by atoms with Gasteiger partial charge in [-0.2, -0.15) is 0 Å². The number of rotatable bonds is 12. The highest BCUT2D eigenvalue weighted by atomic mass is 16.5. The molecule has 1 fully saturated rings. The summed E-state index contributed by atoms with van der Waals surface area (Å²) in [7, 11) is 0. The van der Waals surface area contributed by atoms with E-state index < -0.39 is 18.1 Å². The molecule has 1 heterocycles. The maximum Gasteiger partial charge on any atom is 0.302 e. The van der Waals surface area contributed by atoms with Crippen LogP contribution in [0.25, 0.3) is 0 Å². The summed E-state index contributed by atoms with van der Waals surface area (Å²) in [5, 5.41) is 5.94. The van der Waals surface area contributed by atoms with Gasteiger partial charge in [0.25, 0.3) is 5.91 Å². The van der Waals surface area contributed by atoms with Gasteiger partial charge in [-0.25, -0.2) is 0 Å². The molecule has 3 aromatic carbocycles. The van der Waals surface area contributed by atoms with Crippen molar-refractivity contribution in [1.82, 2.24) is 15.5 Å². The summed E-state index contributed by atoms with van der Waals surface area (Å²) in [4.78, 5) is 40.6. The zero-order valence-electron chi connectivity index (χ0n) is 22.9. The Morgan fingerprint density at radius 1 is 0.800 bits per heavy atom. The molecule has 210 valence electrons. The van der Waals surface area contributed by atoms with Crippen LogP contribution in [0.5, 0.6) is 0 Å². The van der Waals surface area contributed by atoms with E-state index in [4.69, 9.17) is 9.47 Å². The van der Waals surface area contributed by atoms with Crippen molar-refractivity contribution in [3.63, 3.8) is 0 Å². The topological polar surface area (TPSA) is 97.0 Å². The van der Waals surface area contributed by atoms with Crippen LogP contribution in [-0.2, 0) is 38.4 Å². The van der Waals surface area contributed by atoms with Gasteiger partial charge in [0.1, 0.15) is 12.6 Å². The van der Waals surface area contributed by atoms with E-state index in [0.717, 1.165) is 49.5 Å². The van der Waals surface area contributed by atoms with Crippen LogP contribution in [0.2, 0.25) is 0 Å². The molecule has 0 bridgehead atoms. The van der Waals surface area contributed by atoms with E-state index in [-0.39, 0.29) is 18.4 Å². The fourth-order valence-corrected chi connectivity index (χ4v) is 4.65. The third kappa shape index (κ3) is 9.32. The lowest BCUT2D eigenvalue weighted by Crippen LogP contribution is -2.52. The van der Waals surface area contributed by atoms with Crippen molar-refractivity contribution in [3.05, 3.63) is 107 Å². The molecular formula is C32H37N3O5. The summed E-state index contributed by atoms with van der Waals surface area (Å²) < 4.78 is 10.7. The van der Waals surface area contributed by atoms with Crippen molar-refractivity contribution in [2.75, 3.05) is 32.9 Å². The van der Waals surface area contributed by atoms with Gasteiger partial charge in [0, 0.05) is 38.5 Å². The van der Waals surface area contributed by atoms with Gasteiger partial charge in [0.05, 0.1) is 19.3 Å². The van der Waals surface area contributed by atoms with Gasteiger partial charge in [0.2, 0.25) is 5.91 Å². The first-order valence-electron chi connectivity index (χ1n) is 13.7. The van der Waals surface area contributed by atoms with Gasteiger partial charge in [0.15, 0.2) is 0 Å². The highest BCUT2D eigenvalue weighted by molar-refractivity contribution is 5.97. The van der Waals surface area contributed by atoms with Crippen molar-refractivity contribution in [3.8, 4) is 0 Å². The van der Waals surface area contributed by atoms with Crippen molar-refractivity contribution in [2.45, 2.75) is 38.4 Å².